The molecule has 1 amide bonds. The van der Waals surface area contributed by atoms with E-state index in [4.69, 9.17) is 14.7 Å². The molecule has 158 valence electrons. The molecule has 1 N–H and O–H groups in total. The van der Waals surface area contributed by atoms with Gasteiger partial charge in [0.1, 0.15) is 11.3 Å². The number of carbonyl (C=O) groups is 1. The summed E-state index contributed by atoms with van der Waals surface area (Å²) in [7, 11) is 0. The molecule has 0 saturated carbocycles. The number of benzene rings is 2. The van der Waals surface area contributed by atoms with E-state index in [0.717, 1.165) is 51.6 Å². The number of rotatable bonds is 6. The number of nitrogens with one attached hydrogen (secondary N) is 1. The number of aryl methyl sites for hydroxylation is 3. The summed E-state index contributed by atoms with van der Waals surface area (Å²) < 4.78 is 7.43. The number of anilines is 1. The van der Waals surface area contributed by atoms with Crippen LogP contribution < -0.4 is 5.32 Å². The number of carbonyl (C=O) groups excluding carboxylic acids is 1. The minimum atomic E-state index is -0.447. The molecule has 4 rings (SSSR count). The molecule has 0 atom stereocenters. The molecule has 2 aromatic heterocycles. The van der Waals surface area contributed by atoms with Crippen LogP contribution in [0, 0.1) is 13.8 Å². The fourth-order valence-electron chi connectivity index (χ4n) is 3.66. The van der Waals surface area contributed by atoms with E-state index in [1.807, 2.05) is 37.3 Å². The van der Waals surface area contributed by atoms with Crippen molar-refractivity contribution in [2.75, 3.05) is 11.9 Å². The fourth-order valence-corrected chi connectivity index (χ4v) is 3.66. The average Bonchev–Trinajstić information content (AvgIpc) is 3.14. The van der Waals surface area contributed by atoms with E-state index in [1.165, 1.54) is 0 Å². The maximum atomic E-state index is 11.9. The number of ether oxygens (including phenoxy) is 1. The van der Waals surface area contributed by atoms with Crippen LogP contribution in [-0.4, -0.2) is 27.2 Å². The van der Waals surface area contributed by atoms with Crippen LogP contribution in [0.3, 0.4) is 0 Å². The Morgan fingerprint density at radius 2 is 1.77 bits per heavy atom. The summed E-state index contributed by atoms with van der Waals surface area (Å²) in [6.45, 7) is 6.50. The lowest BCUT2D eigenvalue weighted by Gasteiger charge is -2.10. The maximum absolute atomic E-state index is 11.9. The van der Waals surface area contributed by atoms with Crippen LogP contribution in [-0.2, 0) is 17.6 Å². The first kappa shape index (κ1) is 20.6. The third-order valence-corrected chi connectivity index (χ3v) is 5.16. The molecule has 2 heterocycles. The monoisotopic (exact) mass is 414 g/mol. The molecular weight excluding hydrogens is 388 g/mol. The van der Waals surface area contributed by atoms with Crippen LogP contribution in [0.2, 0.25) is 0 Å². The SMILES string of the molecule is CCc1nc2c(C)cc(C)nc2n1-c1ccc(CCOC(=O)Nc2ccccc2)cc1. The first-order chi connectivity index (χ1) is 15.0. The van der Waals surface area contributed by atoms with Gasteiger partial charge in [-0.1, -0.05) is 37.3 Å². The van der Waals surface area contributed by atoms with Gasteiger partial charge >= 0.3 is 6.09 Å². The Labute approximate surface area is 181 Å². The largest absolute Gasteiger partial charge is 0.449 e. The van der Waals surface area contributed by atoms with Gasteiger partial charge in [-0.25, -0.2) is 14.8 Å². The lowest BCUT2D eigenvalue weighted by atomic mass is 10.1. The maximum Gasteiger partial charge on any atom is 0.411 e. The highest BCUT2D eigenvalue weighted by molar-refractivity contribution is 5.84. The van der Waals surface area contributed by atoms with Crippen molar-refractivity contribution in [3.63, 3.8) is 0 Å². The smallest absolute Gasteiger partial charge is 0.411 e. The van der Waals surface area contributed by atoms with Gasteiger partial charge in [-0.3, -0.25) is 9.88 Å². The molecule has 0 spiro atoms. The summed E-state index contributed by atoms with van der Waals surface area (Å²) in [5.41, 5.74) is 6.81. The second-order valence-corrected chi connectivity index (χ2v) is 7.51. The molecule has 6 heteroatoms. The van der Waals surface area contributed by atoms with Crippen molar-refractivity contribution in [3.05, 3.63) is 83.3 Å². The topological polar surface area (TPSA) is 69.0 Å². The predicted octanol–water partition coefficient (Wildman–Crippen LogP) is 5.39. The van der Waals surface area contributed by atoms with Crippen molar-refractivity contribution in [1.82, 2.24) is 14.5 Å². The van der Waals surface area contributed by atoms with Gasteiger partial charge in [-0.2, -0.15) is 0 Å². The van der Waals surface area contributed by atoms with E-state index in [9.17, 15) is 4.79 Å². The highest BCUT2D eigenvalue weighted by Gasteiger charge is 2.15. The Balaban J connectivity index is 1.45. The number of aromatic nitrogens is 3. The van der Waals surface area contributed by atoms with Crippen molar-refractivity contribution < 1.29 is 9.53 Å². The van der Waals surface area contributed by atoms with Crippen molar-refractivity contribution in [2.45, 2.75) is 33.6 Å². The number of pyridine rings is 1. The number of para-hydroxylation sites is 1. The van der Waals surface area contributed by atoms with Crippen LogP contribution >= 0.6 is 0 Å². The number of amides is 1. The molecule has 0 saturated heterocycles. The summed E-state index contributed by atoms with van der Waals surface area (Å²) in [6.07, 6.45) is 1.02. The van der Waals surface area contributed by atoms with Gasteiger partial charge in [0.05, 0.1) is 6.61 Å². The minimum Gasteiger partial charge on any atom is -0.449 e. The Kier molecular flexibility index (Phi) is 5.98. The second-order valence-electron chi connectivity index (χ2n) is 7.51. The third-order valence-electron chi connectivity index (χ3n) is 5.16. The summed E-state index contributed by atoms with van der Waals surface area (Å²) in [4.78, 5) is 21.5. The Hall–Kier alpha value is -3.67. The summed E-state index contributed by atoms with van der Waals surface area (Å²) in [5.74, 6) is 0.991. The van der Waals surface area contributed by atoms with Gasteiger partial charge in [0.2, 0.25) is 0 Å². The van der Waals surface area contributed by atoms with Gasteiger partial charge in [-0.15, -0.1) is 0 Å². The first-order valence-electron chi connectivity index (χ1n) is 10.5. The van der Waals surface area contributed by atoms with Crippen LogP contribution in [0.25, 0.3) is 16.9 Å². The minimum absolute atomic E-state index is 0.312. The third kappa shape index (κ3) is 4.58. The van der Waals surface area contributed by atoms with Crippen LogP contribution in [0.4, 0.5) is 10.5 Å². The molecule has 0 aliphatic rings. The Morgan fingerprint density at radius 3 is 2.48 bits per heavy atom. The van der Waals surface area contributed by atoms with E-state index >= 15 is 0 Å². The molecule has 0 aliphatic heterocycles. The van der Waals surface area contributed by atoms with Crippen molar-refractivity contribution in [2.24, 2.45) is 0 Å². The van der Waals surface area contributed by atoms with E-state index in [2.05, 4.69) is 54.1 Å². The number of hydrogen-bond acceptors (Lipinski definition) is 4. The molecule has 0 radical (unpaired) electrons. The molecule has 2 aromatic carbocycles. The summed E-state index contributed by atoms with van der Waals surface area (Å²) in [5, 5.41) is 2.72. The van der Waals surface area contributed by atoms with Gasteiger partial charge in [0.15, 0.2) is 5.65 Å². The molecule has 4 aromatic rings. The van der Waals surface area contributed by atoms with Gasteiger partial charge in [0.25, 0.3) is 0 Å². The lowest BCUT2D eigenvalue weighted by Crippen LogP contribution is -2.15. The average molecular weight is 415 g/mol. The van der Waals surface area contributed by atoms with E-state index in [1.54, 1.807) is 0 Å². The van der Waals surface area contributed by atoms with E-state index in [0.29, 0.717) is 13.0 Å². The summed E-state index contributed by atoms with van der Waals surface area (Å²) >= 11 is 0. The molecule has 0 bridgehead atoms. The van der Waals surface area contributed by atoms with Crippen LogP contribution in [0.1, 0.15) is 29.6 Å². The molecule has 31 heavy (non-hydrogen) atoms. The van der Waals surface area contributed by atoms with Crippen LogP contribution in [0.5, 0.6) is 0 Å². The van der Waals surface area contributed by atoms with Gasteiger partial charge in [-0.05, 0) is 55.3 Å². The van der Waals surface area contributed by atoms with Gasteiger partial charge in [0, 0.05) is 29.9 Å². The lowest BCUT2D eigenvalue weighted by molar-refractivity contribution is 0.163. The molecule has 6 nitrogen and oxygen atoms in total. The zero-order chi connectivity index (χ0) is 21.8. The quantitative estimate of drug-likeness (QED) is 0.459. The fraction of sp³-hybridized carbons (Fsp3) is 0.240. The zero-order valence-corrected chi connectivity index (χ0v) is 18.1. The molecule has 0 unspecified atom stereocenters. The zero-order valence-electron chi connectivity index (χ0n) is 18.1. The summed E-state index contributed by atoms with van der Waals surface area (Å²) in [6, 6.07) is 19.6. The van der Waals surface area contributed by atoms with Crippen molar-refractivity contribution >= 4 is 22.9 Å². The highest BCUT2D eigenvalue weighted by atomic mass is 16.5. The normalized spacial score (nSPS) is 10.9. The number of nitrogens with zero attached hydrogens (tertiary/aromatic N) is 3. The molecule has 0 aliphatic carbocycles. The predicted molar refractivity (Wildman–Crippen MR) is 123 cm³/mol. The number of fused-ring (bicyclic) bond motifs is 1. The van der Waals surface area contributed by atoms with E-state index in [-0.39, 0.29) is 0 Å². The standard InChI is InChI=1S/C25H26N4O2/c1-4-22-28-23-17(2)16-18(3)26-24(23)29(22)21-12-10-19(11-13-21)14-15-31-25(30)27-20-8-6-5-7-9-20/h5-13,16H,4,14-15H2,1-3H3,(H,27,30). The first-order valence-corrected chi connectivity index (χ1v) is 10.5. The second kappa shape index (κ2) is 9.00. The van der Waals surface area contributed by atoms with Gasteiger partial charge < -0.3 is 4.74 Å². The van der Waals surface area contributed by atoms with Crippen molar-refractivity contribution in [3.8, 4) is 5.69 Å². The number of imidazole rings is 1. The molecule has 0 fully saturated rings. The van der Waals surface area contributed by atoms with Crippen LogP contribution in [0.15, 0.2) is 60.7 Å². The van der Waals surface area contributed by atoms with E-state index < -0.39 is 6.09 Å². The van der Waals surface area contributed by atoms with Crippen molar-refractivity contribution in [1.29, 1.82) is 0 Å². The highest BCUT2D eigenvalue weighted by Crippen LogP contribution is 2.24. The number of hydrogen-bond donors (Lipinski definition) is 1. The Bertz CT molecular complexity index is 1200. The Morgan fingerprint density at radius 1 is 1.03 bits per heavy atom. The molecular formula is C25H26N4O2.